The minimum Gasteiger partial charge on any atom is -0.259 e. The van der Waals surface area contributed by atoms with Gasteiger partial charge in [0, 0.05) is 18.7 Å². The van der Waals surface area contributed by atoms with E-state index in [1.165, 1.54) is 10.8 Å². The van der Waals surface area contributed by atoms with Crippen molar-refractivity contribution < 1.29 is 4.92 Å². The van der Waals surface area contributed by atoms with Crippen LogP contribution in [0.3, 0.4) is 0 Å². The Labute approximate surface area is 96.5 Å². The number of benzene rings is 1. The van der Waals surface area contributed by atoms with Gasteiger partial charge in [-0.2, -0.15) is 0 Å². The highest BCUT2D eigenvalue weighted by Gasteiger charge is 2.05. The first-order valence-electron chi connectivity index (χ1n) is 4.81. The Balaban J connectivity index is 2.35. The second kappa shape index (κ2) is 4.52. The molecule has 0 radical (unpaired) electrons. The summed E-state index contributed by atoms with van der Waals surface area (Å²) in [6, 6.07) is 7.19. The monoisotopic (exact) mass is 231 g/mol. The zero-order valence-electron chi connectivity index (χ0n) is 9.02. The van der Waals surface area contributed by atoms with Gasteiger partial charge in [0.25, 0.3) is 0 Å². The maximum absolute atomic E-state index is 10.2. The van der Waals surface area contributed by atoms with Gasteiger partial charge in [0.15, 0.2) is 5.82 Å². The molecule has 0 atom stereocenters. The van der Waals surface area contributed by atoms with E-state index in [0.29, 0.717) is 5.82 Å². The topological polar surface area (TPSA) is 86.7 Å². The molecule has 7 nitrogen and oxygen atoms in total. The van der Waals surface area contributed by atoms with E-state index in [1.807, 2.05) is 6.07 Å². The van der Waals surface area contributed by atoms with E-state index in [1.54, 1.807) is 25.2 Å². The van der Waals surface area contributed by atoms with Crippen molar-refractivity contribution in [2.24, 2.45) is 7.05 Å². The molecule has 1 aromatic carbocycles. The molecule has 86 valence electrons. The molecule has 0 aliphatic heterocycles. The molecule has 2 rings (SSSR count). The number of nitrogens with zero attached hydrogens (tertiary/aromatic N) is 5. The van der Waals surface area contributed by atoms with Crippen LogP contribution < -0.4 is 0 Å². The minimum atomic E-state index is -0.503. The summed E-state index contributed by atoms with van der Waals surface area (Å²) < 4.78 is 1.54. The van der Waals surface area contributed by atoms with Crippen LogP contribution >= 0.6 is 0 Å². The third-order valence-electron chi connectivity index (χ3n) is 2.15. The van der Waals surface area contributed by atoms with Gasteiger partial charge in [-0.25, -0.2) is 4.68 Å². The Morgan fingerprint density at radius 2 is 2.29 bits per heavy atom. The van der Waals surface area contributed by atoms with Gasteiger partial charge >= 0.3 is 0 Å². The van der Waals surface area contributed by atoms with Crippen molar-refractivity contribution >= 4 is 6.08 Å². The molecule has 0 aliphatic rings. The van der Waals surface area contributed by atoms with Crippen LogP contribution in [0.1, 0.15) is 5.56 Å². The summed E-state index contributed by atoms with van der Waals surface area (Å²) in [4.78, 5) is 9.72. The van der Waals surface area contributed by atoms with Crippen molar-refractivity contribution in [2.75, 3.05) is 0 Å². The first-order valence-corrected chi connectivity index (χ1v) is 4.81. The van der Waals surface area contributed by atoms with Gasteiger partial charge in [-0.15, -0.1) is 5.10 Å². The van der Waals surface area contributed by atoms with Crippen LogP contribution in [0.2, 0.25) is 0 Å². The zero-order valence-corrected chi connectivity index (χ0v) is 9.02. The largest absolute Gasteiger partial charge is 0.259 e. The lowest BCUT2D eigenvalue weighted by Crippen LogP contribution is -1.94. The lowest BCUT2D eigenvalue weighted by atomic mass is 10.1. The average molecular weight is 231 g/mol. The molecule has 1 aromatic heterocycles. The van der Waals surface area contributed by atoms with E-state index >= 15 is 0 Å². The highest BCUT2D eigenvalue weighted by Crippen LogP contribution is 2.17. The van der Waals surface area contributed by atoms with Gasteiger partial charge in [0.1, 0.15) is 0 Å². The molecule has 7 heteroatoms. The predicted molar refractivity (Wildman–Crippen MR) is 60.3 cm³/mol. The lowest BCUT2D eigenvalue weighted by Gasteiger charge is -1.99. The van der Waals surface area contributed by atoms with Crippen LogP contribution in [0, 0.1) is 10.1 Å². The summed E-state index contributed by atoms with van der Waals surface area (Å²) in [5.74, 6) is 0.612. The number of tetrazole rings is 1. The number of rotatable bonds is 3. The Morgan fingerprint density at radius 3 is 2.94 bits per heavy atom. The summed E-state index contributed by atoms with van der Waals surface area (Å²) in [6.45, 7) is 0. The van der Waals surface area contributed by atoms with E-state index < -0.39 is 4.92 Å². The summed E-state index contributed by atoms with van der Waals surface area (Å²) in [6.07, 6.45) is 2.32. The summed E-state index contributed by atoms with van der Waals surface area (Å²) >= 11 is 0. The molecule has 0 saturated carbocycles. The Bertz CT molecular complexity index is 576. The SMILES string of the molecule is Cn1nnnc1-c1cccc(C=C[N+](=O)[O-])c1. The summed E-state index contributed by atoms with van der Waals surface area (Å²) in [5, 5.41) is 21.4. The molecule has 0 bridgehead atoms. The van der Waals surface area contributed by atoms with Crippen molar-refractivity contribution in [3.63, 3.8) is 0 Å². The molecule has 0 amide bonds. The fraction of sp³-hybridized carbons (Fsp3) is 0.100. The Morgan fingerprint density at radius 1 is 1.47 bits per heavy atom. The molecule has 0 fully saturated rings. The van der Waals surface area contributed by atoms with E-state index in [9.17, 15) is 10.1 Å². The summed E-state index contributed by atoms with van der Waals surface area (Å²) in [7, 11) is 1.73. The van der Waals surface area contributed by atoms with Gasteiger partial charge in [-0.1, -0.05) is 18.2 Å². The van der Waals surface area contributed by atoms with E-state index in [2.05, 4.69) is 15.5 Å². The molecule has 1 heterocycles. The van der Waals surface area contributed by atoms with Crippen molar-refractivity contribution in [3.05, 3.63) is 46.1 Å². The lowest BCUT2D eigenvalue weighted by molar-refractivity contribution is -0.400. The first kappa shape index (κ1) is 10.9. The number of aromatic nitrogens is 4. The second-order valence-corrected chi connectivity index (χ2v) is 3.35. The molecule has 0 unspecified atom stereocenters. The van der Waals surface area contributed by atoms with Crippen LogP contribution in [-0.4, -0.2) is 25.1 Å². The van der Waals surface area contributed by atoms with Crippen molar-refractivity contribution in [1.82, 2.24) is 20.2 Å². The molecule has 0 N–H and O–H groups in total. The molecular weight excluding hydrogens is 222 g/mol. The molecule has 2 aromatic rings. The van der Waals surface area contributed by atoms with E-state index in [-0.39, 0.29) is 0 Å². The average Bonchev–Trinajstić information content (AvgIpc) is 2.73. The molecule has 17 heavy (non-hydrogen) atoms. The van der Waals surface area contributed by atoms with Gasteiger partial charge < -0.3 is 0 Å². The smallest absolute Gasteiger partial charge is 0.235 e. The van der Waals surface area contributed by atoms with Crippen molar-refractivity contribution in [2.45, 2.75) is 0 Å². The number of aryl methyl sites for hydroxylation is 1. The Kier molecular flexibility index (Phi) is 2.91. The maximum atomic E-state index is 10.2. The molecule has 0 spiro atoms. The number of hydrogen-bond acceptors (Lipinski definition) is 5. The van der Waals surface area contributed by atoms with Crippen LogP contribution in [0.4, 0.5) is 0 Å². The fourth-order valence-corrected chi connectivity index (χ4v) is 1.40. The normalized spacial score (nSPS) is 10.9. The minimum absolute atomic E-state index is 0.503. The van der Waals surface area contributed by atoms with Crippen LogP contribution in [0.15, 0.2) is 30.5 Å². The van der Waals surface area contributed by atoms with Crippen LogP contribution in [0.5, 0.6) is 0 Å². The van der Waals surface area contributed by atoms with Crippen molar-refractivity contribution in [1.29, 1.82) is 0 Å². The second-order valence-electron chi connectivity index (χ2n) is 3.35. The molecule has 0 saturated heterocycles. The standard InChI is InChI=1S/C10H9N5O2/c1-14-10(11-12-13-14)9-4-2-3-8(7-9)5-6-15(16)17/h2-7H,1H3. The summed E-state index contributed by atoms with van der Waals surface area (Å²) in [5.41, 5.74) is 1.53. The quantitative estimate of drug-likeness (QED) is 0.583. The highest BCUT2D eigenvalue weighted by atomic mass is 16.6. The fourth-order valence-electron chi connectivity index (χ4n) is 1.40. The van der Waals surface area contributed by atoms with E-state index in [4.69, 9.17) is 0 Å². The third-order valence-corrected chi connectivity index (χ3v) is 2.15. The zero-order chi connectivity index (χ0) is 12.3. The van der Waals surface area contributed by atoms with E-state index in [0.717, 1.165) is 17.3 Å². The maximum Gasteiger partial charge on any atom is 0.235 e. The van der Waals surface area contributed by atoms with Gasteiger partial charge in [0.2, 0.25) is 6.20 Å². The molecular formula is C10H9N5O2. The predicted octanol–water partition coefficient (Wildman–Crippen LogP) is 1.12. The van der Waals surface area contributed by atoms with Crippen LogP contribution in [0.25, 0.3) is 17.5 Å². The Hall–Kier alpha value is -2.57. The van der Waals surface area contributed by atoms with Gasteiger partial charge in [0.05, 0.1) is 4.92 Å². The number of hydrogen-bond donors (Lipinski definition) is 0. The third kappa shape index (κ3) is 2.51. The van der Waals surface area contributed by atoms with Crippen LogP contribution in [-0.2, 0) is 7.05 Å². The number of nitro groups is 1. The highest BCUT2D eigenvalue weighted by molar-refractivity contribution is 5.61. The van der Waals surface area contributed by atoms with Gasteiger partial charge in [-0.3, -0.25) is 10.1 Å². The van der Waals surface area contributed by atoms with Gasteiger partial charge in [-0.05, 0) is 22.1 Å². The van der Waals surface area contributed by atoms with Crippen molar-refractivity contribution in [3.8, 4) is 11.4 Å². The first-order chi connectivity index (χ1) is 8.16. The molecule has 0 aliphatic carbocycles.